The molecule has 0 radical (unpaired) electrons. The van der Waals surface area contributed by atoms with E-state index in [9.17, 15) is 22.7 Å². The Labute approximate surface area is 204 Å². The fraction of sp³-hybridized carbons (Fsp3) is 0.571. The van der Waals surface area contributed by atoms with Gasteiger partial charge < -0.3 is 14.6 Å². The molecule has 35 heavy (non-hydrogen) atoms. The van der Waals surface area contributed by atoms with Crippen molar-refractivity contribution in [2.45, 2.75) is 82.8 Å². The molecule has 0 amide bonds. The molecule has 2 fully saturated rings. The van der Waals surface area contributed by atoms with Crippen LogP contribution in [0.4, 0.5) is 17.6 Å². The predicted molar refractivity (Wildman–Crippen MR) is 125 cm³/mol. The number of halogens is 4. The van der Waals surface area contributed by atoms with Crippen molar-refractivity contribution in [3.05, 3.63) is 64.2 Å². The number of benzene rings is 2. The van der Waals surface area contributed by atoms with E-state index in [1.165, 1.54) is 6.07 Å². The lowest BCUT2D eigenvalue weighted by Gasteiger charge is -2.29. The van der Waals surface area contributed by atoms with Crippen molar-refractivity contribution in [1.82, 2.24) is 0 Å². The quantitative estimate of drug-likeness (QED) is 0.396. The number of aliphatic hydroxyl groups excluding tert-OH is 1. The second kappa shape index (κ2) is 11.7. The Morgan fingerprint density at radius 2 is 1.31 bits per heavy atom. The molecule has 1 N–H and O–H groups in total. The first-order valence-electron chi connectivity index (χ1n) is 12.7. The third kappa shape index (κ3) is 6.00. The van der Waals surface area contributed by atoms with Gasteiger partial charge in [0.15, 0.2) is 23.2 Å². The Kier molecular flexibility index (Phi) is 8.71. The molecule has 7 heteroatoms. The van der Waals surface area contributed by atoms with E-state index < -0.39 is 23.3 Å². The minimum absolute atomic E-state index is 0.0472. The van der Waals surface area contributed by atoms with E-state index in [4.69, 9.17) is 9.47 Å². The van der Waals surface area contributed by atoms with Gasteiger partial charge in [0.1, 0.15) is 0 Å². The van der Waals surface area contributed by atoms with Gasteiger partial charge in [-0.15, -0.1) is 0 Å². The van der Waals surface area contributed by atoms with Gasteiger partial charge in [0.25, 0.3) is 0 Å². The summed E-state index contributed by atoms with van der Waals surface area (Å²) in [6.07, 6.45) is 4.95. The van der Waals surface area contributed by atoms with Crippen LogP contribution in [0.5, 0.6) is 5.75 Å². The summed E-state index contributed by atoms with van der Waals surface area (Å²) in [5.41, 5.74) is 0.960. The van der Waals surface area contributed by atoms with Crippen molar-refractivity contribution >= 4 is 0 Å². The third-order valence-electron chi connectivity index (χ3n) is 7.63. The first-order valence-corrected chi connectivity index (χ1v) is 12.7. The zero-order valence-corrected chi connectivity index (χ0v) is 20.2. The molecule has 2 saturated carbocycles. The number of hydrogen-bond donors (Lipinski definition) is 1. The van der Waals surface area contributed by atoms with Crippen LogP contribution in [-0.4, -0.2) is 24.4 Å². The highest BCUT2D eigenvalue weighted by Crippen LogP contribution is 2.39. The molecule has 0 spiro atoms. The van der Waals surface area contributed by atoms with E-state index >= 15 is 0 Å². The molecule has 3 nitrogen and oxygen atoms in total. The largest absolute Gasteiger partial charge is 0.490 e. The van der Waals surface area contributed by atoms with Gasteiger partial charge in [-0.3, -0.25) is 0 Å². The van der Waals surface area contributed by atoms with Gasteiger partial charge in [-0.25, -0.2) is 13.2 Å². The summed E-state index contributed by atoms with van der Waals surface area (Å²) < 4.78 is 69.3. The molecule has 0 aromatic heterocycles. The predicted octanol–water partition coefficient (Wildman–Crippen LogP) is 7.15. The Balaban J connectivity index is 1.31. The van der Waals surface area contributed by atoms with Crippen LogP contribution >= 0.6 is 0 Å². The van der Waals surface area contributed by atoms with Crippen molar-refractivity contribution in [3.63, 3.8) is 0 Å². The van der Waals surface area contributed by atoms with Crippen LogP contribution in [-0.2, 0) is 11.3 Å². The van der Waals surface area contributed by atoms with Gasteiger partial charge in [-0.05, 0) is 93.2 Å². The van der Waals surface area contributed by atoms with Crippen LogP contribution in [0.25, 0.3) is 0 Å². The highest BCUT2D eigenvalue weighted by molar-refractivity contribution is 5.33. The van der Waals surface area contributed by atoms with Crippen LogP contribution < -0.4 is 4.74 Å². The summed E-state index contributed by atoms with van der Waals surface area (Å²) in [4.78, 5) is 0. The van der Waals surface area contributed by atoms with Crippen molar-refractivity contribution in [2.75, 3.05) is 13.2 Å². The van der Waals surface area contributed by atoms with Gasteiger partial charge >= 0.3 is 0 Å². The molecule has 0 atom stereocenters. The third-order valence-corrected chi connectivity index (χ3v) is 7.63. The van der Waals surface area contributed by atoms with Crippen LogP contribution in [0.15, 0.2) is 24.3 Å². The summed E-state index contributed by atoms with van der Waals surface area (Å²) in [5, 5.41) is 9.65. The van der Waals surface area contributed by atoms with E-state index in [0.29, 0.717) is 56.3 Å². The van der Waals surface area contributed by atoms with Crippen LogP contribution in [0.1, 0.15) is 86.8 Å². The summed E-state index contributed by atoms with van der Waals surface area (Å²) in [6, 6.07) is 6.34. The Morgan fingerprint density at radius 3 is 1.94 bits per heavy atom. The van der Waals surface area contributed by atoms with Crippen LogP contribution in [0.3, 0.4) is 0 Å². The summed E-state index contributed by atoms with van der Waals surface area (Å²) in [6.45, 7) is 2.53. The fourth-order valence-electron chi connectivity index (χ4n) is 5.45. The molecule has 192 valence electrons. The van der Waals surface area contributed by atoms with Crippen molar-refractivity contribution < 1.29 is 32.1 Å². The summed E-state index contributed by atoms with van der Waals surface area (Å²) in [7, 11) is 0. The van der Waals surface area contributed by atoms with E-state index in [1.54, 1.807) is 25.1 Å². The van der Waals surface area contributed by atoms with Crippen molar-refractivity contribution in [3.8, 4) is 5.75 Å². The zero-order valence-electron chi connectivity index (χ0n) is 20.2. The van der Waals surface area contributed by atoms with Crippen LogP contribution in [0.2, 0.25) is 0 Å². The van der Waals surface area contributed by atoms with Crippen molar-refractivity contribution in [1.29, 1.82) is 0 Å². The molecular formula is C28H34F4O3. The molecule has 0 saturated heterocycles. The normalized spacial score (nSPS) is 25.0. The molecule has 2 aliphatic rings. The highest BCUT2D eigenvalue weighted by Gasteiger charge is 2.28. The van der Waals surface area contributed by atoms with Crippen LogP contribution in [0, 0.1) is 29.2 Å². The Morgan fingerprint density at radius 1 is 0.743 bits per heavy atom. The highest BCUT2D eigenvalue weighted by atomic mass is 19.2. The lowest BCUT2D eigenvalue weighted by atomic mass is 9.78. The molecule has 4 rings (SSSR count). The number of aliphatic hydroxyl groups is 1. The maximum Gasteiger partial charge on any atom is 0.200 e. The second-order valence-corrected chi connectivity index (χ2v) is 9.89. The van der Waals surface area contributed by atoms with Gasteiger partial charge in [0, 0.05) is 12.2 Å². The first-order chi connectivity index (χ1) is 16.9. The molecule has 0 bridgehead atoms. The molecule has 0 aliphatic heterocycles. The topological polar surface area (TPSA) is 38.7 Å². The smallest absolute Gasteiger partial charge is 0.200 e. The lowest BCUT2D eigenvalue weighted by molar-refractivity contribution is 0.121. The van der Waals surface area contributed by atoms with Gasteiger partial charge in [0.05, 0.1) is 19.3 Å². The average molecular weight is 495 g/mol. The first kappa shape index (κ1) is 26.0. The number of rotatable bonds is 8. The SMILES string of the molecule is CCOCc1ccc(C2CCC(COc3ccc(C4CCC(O)CC4)c(F)c3F)CC2)c(F)c1F. The standard InChI is InChI=1S/C28H34F4O3/c1-2-34-16-20-9-12-22(26(30)25(20)29)18-5-3-17(4-6-18)15-35-24-14-13-23(27(31)28(24)32)19-7-10-21(33)11-8-19/h9,12-14,17-19,21,33H,2-8,10-11,15-16H2,1H3. The van der Waals surface area contributed by atoms with Crippen molar-refractivity contribution in [2.24, 2.45) is 5.92 Å². The monoisotopic (exact) mass is 494 g/mol. The Hall–Kier alpha value is -2.12. The minimum atomic E-state index is -0.966. The molecule has 2 aromatic rings. The fourth-order valence-corrected chi connectivity index (χ4v) is 5.45. The maximum atomic E-state index is 14.7. The van der Waals surface area contributed by atoms with E-state index in [2.05, 4.69) is 0 Å². The number of hydrogen-bond acceptors (Lipinski definition) is 3. The van der Waals surface area contributed by atoms with Gasteiger partial charge in [-0.2, -0.15) is 4.39 Å². The summed E-state index contributed by atoms with van der Waals surface area (Å²) in [5.74, 6) is -3.59. The average Bonchev–Trinajstić information content (AvgIpc) is 2.87. The van der Waals surface area contributed by atoms with Gasteiger partial charge in [0.2, 0.25) is 5.82 Å². The molecular weight excluding hydrogens is 460 g/mol. The number of ether oxygens (including phenoxy) is 2. The lowest BCUT2D eigenvalue weighted by Crippen LogP contribution is -2.21. The molecule has 2 aliphatic carbocycles. The second-order valence-electron chi connectivity index (χ2n) is 9.89. The zero-order chi connectivity index (χ0) is 24.9. The minimum Gasteiger partial charge on any atom is -0.490 e. The molecule has 0 unspecified atom stereocenters. The maximum absolute atomic E-state index is 14.7. The molecule has 2 aromatic carbocycles. The van der Waals surface area contributed by atoms with E-state index in [-0.39, 0.29) is 48.4 Å². The van der Waals surface area contributed by atoms with E-state index in [1.807, 2.05) is 0 Å². The Bertz CT molecular complexity index is 996. The van der Waals surface area contributed by atoms with E-state index in [0.717, 1.165) is 12.8 Å². The molecule has 0 heterocycles. The van der Waals surface area contributed by atoms with Gasteiger partial charge in [-0.1, -0.05) is 18.2 Å². The summed E-state index contributed by atoms with van der Waals surface area (Å²) >= 11 is 0.